The van der Waals surface area contributed by atoms with E-state index in [1.54, 1.807) is 0 Å². The summed E-state index contributed by atoms with van der Waals surface area (Å²) in [5.74, 6) is 0. The molecule has 0 radical (unpaired) electrons. The normalized spacial score (nSPS) is 13.5. The Balaban J connectivity index is 3.35. The molecule has 0 amide bonds. The van der Waals surface area contributed by atoms with Crippen molar-refractivity contribution in [1.82, 2.24) is 5.06 Å². The van der Waals surface area contributed by atoms with Crippen LogP contribution < -0.4 is 5.73 Å². The molecule has 0 saturated carbocycles. The summed E-state index contributed by atoms with van der Waals surface area (Å²) in [5.41, 5.74) is 5.39. The van der Waals surface area contributed by atoms with Crippen molar-refractivity contribution in [3.8, 4) is 0 Å². The minimum Gasteiger partial charge on any atom is -0.784 e. The monoisotopic (exact) mass is 157 g/mol. The van der Waals surface area contributed by atoms with E-state index < -0.39 is 6.17 Å². The smallest absolute Gasteiger partial charge is 0.0646 e. The van der Waals surface area contributed by atoms with Gasteiger partial charge in [0.2, 0.25) is 0 Å². The van der Waals surface area contributed by atoms with Gasteiger partial charge >= 0.3 is 0 Å². The van der Waals surface area contributed by atoms with E-state index in [2.05, 4.69) is 13.5 Å². The zero-order valence-electron chi connectivity index (χ0n) is 7.12. The number of nitrogens with two attached hydrogens (primary N) is 1. The summed E-state index contributed by atoms with van der Waals surface area (Å²) in [6, 6.07) is 0. The van der Waals surface area contributed by atoms with E-state index in [4.69, 9.17) is 5.73 Å². The summed E-state index contributed by atoms with van der Waals surface area (Å²) < 4.78 is 0. The van der Waals surface area contributed by atoms with Gasteiger partial charge in [-0.05, 0) is 13.0 Å². The van der Waals surface area contributed by atoms with Crippen molar-refractivity contribution in [3.63, 3.8) is 0 Å². The minimum absolute atomic E-state index is 0.515. The van der Waals surface area contributed by atoms with Gasteiger partial charge in [-0.15, -0.1) is 6.58 Å². The fourth-order valence-corrected chi connectivity index (χ4v) is 0.784. The van der Waals surface area contributed by atoms with Crippen LogP contribution in [0.25, 0.3) is 0 Å². The van der Waals surface area contributed by atoms with E-state index in [1.165, 1.54) is 6.08 Å². The molecular formula is C8H17N2O-. The molecule has 0 aromatic carbocycles. The highest BCUT2D eigenvalue weighted by Gasteiger charge is 1.97. The largest absolute Gasteiger partial charge is 0.784 e. The molecule has 0 aliphatic carbocycles. The molecule has 3 nitrogen and oxygen atoms in total. The number of rotatable bonds is 6. The summed E-state index contributed by atoms with van der Waals surface area (Å²) in [7, 11) is 0. The maximum atomic E-state index is 11.0. The van der Waals surface area contributed by atoms with Gasteiger partial charge in [0.15, 0.2) is 0 Å². The number of unbranched alkanes of at least 4 members (excludes halogenated alkanes) is 2. The van der Waals surface area contributed by atoms with Crippen LogP contribution >= 0.6 is 0 Å². The average molecular weight is 157 g/mol. The van der Waals surface area contributed by atoms with E-state index in [9.17, 15) is 5.21 Å². The Bertz CT molecular complexity index is 106. The van der Waals surface area contributed by atoms with Crippen molar-refractivity contribution in [2.75, 3.05) is 6.54 Å². The Morgan fingerprint density at radius 3 is 2.73 bits per heavy atom. The molecule has 0 fully saturated rings. The second kappa shape index (κ2) is 6.34. The molecule has 0 rings (SSSR count). The number of hydrogen-bond donors (Lipinski definition) is 1. The van der Waals surface area contributed by atoms with Crippen LogP contribution in [0.3, 0.4) is 0 Å². The van der Waals surface area contributed by atoms with Crippen molar-refractivity contribution in [1.29, 1.82) is 0 Å². The molecule has 0 spiro atoms. The van der Waals surface area contributed by atoms with E-state index >= 15 is 0 Å². The zero-order valence-corrected chi connectivity index (χ0v) is 7.12. The first-order valence-corrected chi connectivity index (χ1v) is 4.04. The average Bonchev–Trinajstić information content (AvgIpc) is 2.03. The van der Waals surface area contributed by atoms with Gasteiger partial charge in [0, 0.05) is 0 Å². The first kappa shape index (κ1) is 10.6. The van der Waals surface area contributed by atoms with Gasteiger partial charge in [0.25, 0.3) is 0 Å². The van der Waals surface area contributed by atoms with Crippen LogP contribution in [0.1, 0.15) is 26.2 Å². The Kier molecular flexibility index (Phi) is 6.12. The predicted molar refractivity (Wildman–Crippen MR) is 47.8 cm³/mol. The van der Waals surface area contributed by atoms with E-state index in [1.807, 2.05) is 0 Å². The SMILES string of the molecule is C=CC(N)N([O-])CCCCC. The zero-order chi connectivity index (χ0) is 8.69. The molecule has 2 N–H and O–H groups in total. The summed E-state index contributed by atoms with van der Waals surface area (Å²) >= 11 is 0. The van der Waals surface area contributed by atoms with Gasteiger partial charge < -0.3 is 16.0 Å². The first-order valence-electron chi connectivity index (χ1n) is 4.04. The van der Waals surface area contributed by atoms with Crippen LogP contribution in [0.15, 0.2) is 12.7 Å². The number of nitrogens with zero attached hydrogens (tertiary/aromatic N) is 1. The Morgan fingerprint density at radius 2 is 2.27 bits per heavy atom. The van der Waals surface area contributed by atoms with Crippen molar-refractivity contribution >= 4 is 0 Å². The fourth-order valence-electron chi connectivity index (χ4n) is 0.784. The van der Waals surface area contributed by atoms with Gasteiger partial charge in [0.1, 0.15) is 0 Å². The summed E-state index contributed by atoms with van der Waals surface area (Å²) in [5, 5.41) is 11.8. The van der Waals surface area contributed by atoms with Gasteiger partial charge in [0.05, 0.1) is 6.17 Å². The molecule has 0 aromatic heterocycles. The maximum Gasteiger partial charge on any atom is 0.0646 e. The van der Waals surface area contributed by atoms with Crippen molar-refractivity contribution in [2.45, 2.75) is 32.4 Å². The molecule has 1 unspecified atom stereocenters. The number of hydrogen-bond acceptors (Lipinski definition) is 3. The van der Waals surface area contributed by atoms with E-state index in [-0.39, 0.29) is 0 Å². The van der Waals surface area contributed by atoms with Gasteiger partial charge in [-0.3, -0.25) is 0 Å². The van der Waals surface area contributed by atoms with Crippen LogP contribution in [0.2, 0.25) is 0 Å². The second-order valence-electron chi connectivity index (χ2n) is 2.57. The van der Waals surface area contributed by atoms with E-state index in [0.29, 0.717) is 6.54 Å². The summed E-state index contributed by atoms with van der Waals surface area (Å²) in [6.45, 7) is 6.06. The quantitative estimate of drug-likeness (QED) is 0.275. The van der Waals surface area contributed by atoms with Crippen LogP contribution in [0.4, 0.5) is 0 Å². The molecule has 0 aliphatic heterocycles. The Morgan fingerprint density at radius 1 is 1.64 bits per heavy atom. The van der Waals surface area contributed by atoms with Crippen molar-refractivity contribution < 1.29 is 0 Å². The summed E-state index contributed by atoms with van der Waals surface area (Å²) in [4.78, 5) is 0. The third-order valence-corrected chi connectivity index (χ3v) is 1.56. The molecular weight excluding hydrogens is 140 g/mol. The lowest BCUT2D eigenvalue weighted by Gasteiger charge is -2.32. The minimum atomic E-state index is -0.535. The molecule has 1 atom stereocenters. The summed E-state index contributed by atoms with van der Waals surface area (Å²) in [6.07, 6.45) is 4.05. The lowest BCUT2D eigenvalue weighted by Crippen LogP contribution is -2.36. The van der Waals surface area contributed by atoms with Crippen molar-refractivity contribution in [3.05, 3.63) is 17.9 Å². The highest BCUT2D eigenvalue weighted by atomic mass is 16.5. The maximum absolute atomic E-state index is 11.0. The topological polar surface area (TPSA) is 52.3 Å². The highest BCUT2D eigenvalue weighted by molar-refractivity contribution is 4.82. The molecule has 11 heavy (non-hydrogen) atoms. The van der Waals surface area contributed by atoms with Crippen LogP contribution in [-0.4, -0.2) is 17.8 Å². The molecule has 0 aromatic rings. The lowest BCUT2D eigenvalue weighted by atomic mass is 10.2. The van der Waals surface area contributed by atoms with Gasteiger partial charge in [-0.2, -0.15) is 0 Å². The second-order valence-corrected chi connectivity index (χ2v) is 2.57. The van der Waals surface area contributed by atoms with Crippen LogP contribution in [-0.2, 0) is 0 Å². The lowest BCUT2D eigenvalue weighted by molar-refractivity contribution is 0.318. The highest BCUT2D eigenvalue weighted by Crippen LogP contribution is 1.98. The number of hydroxylamine groups is 2. The third kappa shape index (κ3) is 4.95. The molecule has 0 bridgehead atoms. The molecule has 0 aliphatic rings. The first-order chi connectivity index (χ1) is 5.22. The molecule has 0 heterocycles. The van der Waals surface area contributed by atoms with Crippen LogP contribution in [0, 0.1) is 5.21 Å². The van der Waals surface area contributed by atoms with Gasteiger partial charge in [-0.25, -0.2) is 0 Å². The van der Waals surface area contributed by atoms with E-state index in [0.717, 1.165) is 24.3 Å². The van der Waals surface area contributed by atoms with Gasteiger partial charge in [-0.1, -0.05) is 25.8 Å². The standard InChI is InChI=1S/C8H17N2O/c1-3-5-6-7-10(11)8(9)4-2/h4,8H,2-3,5-7,9H2,1H3/q-1. The predicted octanol–water partition coefficient (Wildman–Crippen LogP) is 1.45. The Labute approximate surface area is 68.5 Å². The van der Waals surface area contributed by atoms with Crippen LogP contribution in [0.5, 0.6) is 0 Å². The van der Waals surface area contributed by atoms with Crippen molar-refractivity contribution in [2.24, 2.45) is 5.73 Å². The molecule has 0 saturated heterocycles. The molecule has 3 heteroatoms. The fraction of sp³-hybridized carbons (Fsp3) is 0.750. The Hall–Kier alpha value is -0.380. The molecule has 66 valence electrons. The third-order valence-electron chi connectivity index (χ3n) is 1.56.